The molecular weight excluding hydrogens is 274 g/mol. The van der Waals surface area contributed by atoms with Crippen molar-refractivity contribution in [2.75, 3.05) is 0 Å². The van der Waals surface area contributed by atoms with E-state index < -0.39 is 5.82 Å². The van der Waals surface area contributed by atoms with Crippen LogP contribution in [0.1, 0.15) is 19.2 Å². The quantitative estimate of drug-likeness (QED) is 0.773. The van der Waals surface area contributed by atoms with Gasteiger partial charge in [-0.2, -0.15) is 0 Å². The molecule has 0 bridgehead atoms. The third-order valence-corrected chi connectivity index (χ3v) is 2.78. The minimum absolute atomic E-state index is 0.330. The van der Waals surface area contributed by atoms with E-state index in [4.69, 9.17) is 23.2 Å². The minimum Gasteiger partial charge on any atom is -0.233 e. The zero-order chi connectivity index (χ0) is 13.1. The van der Waals surface area contributed by atoms with Gasteiger partial charge in [-0.3, -0.25) is 0 Å². The van der Waals surface area contributed by atoms with Gasteiger partial charge in [0.2, 0.25) is 0 Å². The molecule has 0 atom stereocenters. The summed E-state index contributed by atoms with van der Waals surface area (Å²) in [4.78, 5) is 8.48. The molecule has 0 N–H and O–H groups in total. The number of halogens is 3. The van der Waals surface area contributed by atoms with E-state index in [9.17, 15) is 4.39 Å². The van der Waals surface area contributed by atoms with Gasteiger partial charge >= 0.3 is 0 Å². The van der Waals surface area contributed by atoms with Crippen LogP contribution in [-0.2, 0) is 6.42 Å². The van der Waals surface area contributed by atoms with E-state index >= 15 is 0 Å². The predicted molar refractivity (Wildman–Crippen MR) is 71.4 cm³/mol. The summed E-state index contributed by atoms with van der Waals surface area (Å²) in [6, 6.07) is 5.88. The molecule has 0 aliphatic carbocycles. The van der Waals surface area contributed by atoms with Crippen molar-refractivity contribution in [3.63, 3.8) is 0 Å². The van der Waals surface area contributed by atoms with Crippen LogP contribution in [0, 0.1) is 5.82 Å². The SMILES string of the molecule is CCCc1nc(Cl)cc(-c2cc(F)cc(Cl)c2)n1. The number of benzene rings is 1. The first kappa shape index (κ1) is 13.2. The number of nitrogens with zero attached hydrogens (tertiary/aromatic N) is 2. The third-order valence-electron chi connectivity index (χ3n) is 2.37. The van der Waals surface area contributed by atoms with Gasteiger partial charge in [-0.05, 0) is 24.6 Å². The number of rotatable bonds is 3. The normalized spacial score (nSPS) is 10.7. The second-order valence-electron chi connectivity index (χ2n) is 3.90. The molecule has 1 aromatic carbocycles. The maximum absolute atomic E-state index is 13.3. The van der Waals surface area contributed by atoms with Gasteiger partial charge in [0.15, 0.2) is 0 Å². The molecule has 0 fully saturated rings. The van der Waals surface area contributed by atoms with E-state index in [-0.39, 0.29) is 0 Å². The molecule has 0 amide bonds. The summed E-state index contributed by atoms with van der Waals surface area (Å²) in [7, 11) is 0. The number of hydrogen-bond donors (Lipinski definition) is 0. The zero-order valence-corrected chi connectivity index (χ0v) is 11.3. The lowest BCUT2D eigenvalue weighted by Gasteiger charge is -2.05. The van der Waals surface area contributed by atoms with Gasteiger partial charge in [-0.15, -0.1) is 0 Å². The third kappa shape index (κ3) is 3.18. The second-order valence-corrected chi connectivity index (χ2v) is 4.72. The van der Waals surface area contributed by atoms with Crippen LogP contribution in [0.4, 0.5) is 4.39 Å². The Balaban J connectivity index is 2.49. The molecule has 2 nitrogen and oxygen atoms in total. The van der Waals surface area contributed by atoms with Gasteiger partial charge in [-0.1, -0.05) is 30.1 Å². The van der Waals surface area contributed by atoms with E-state index in [1.165, 1.54) is 12.1 Å². The van der Waals surface area contributed by atoms with Gasteiger partial charge in [0.25, 0.3) is 0 Å². The highest BCUT2D eigenvalue weighted by Gasteiger charge is 2.07. The van der Waals surface area contributed by atoms with Gasteiger partial charge in [-0.25, -0.2) is 14.4 Å². The monoisotopic (exact) mass is 284 g/mol. The van der Waals surface area contributed by atoms with E-state index in [2.05, 4.69) is 9.97 Å². The summed E-state index contributed by atoms with van der Waals surface area (Å²) in [6.07, 6.45) is 1.65. The Morgan fingerprint density at radius 1 is 1.11 bits per heavy atom. The highest BCUT2D eigenvalue weighted by atomic mass is 35.5. The Kier molecular flexibility index (Phi) is 4.15. The fraction of sp³-hybridized carbons (Fsp3) is 0.231. The van der Waals surface area contributed by atoms with Crippen LogP contribution >= 0.6 is 23.2 Å². The van der Waals surface area contributed by atoms with E-state index in [1.54, 1.807) is 12.1 Å². The molecule has 5 heteroatoms. The maximum atomic E-state index is 13.3. The molecule has 0 aliphatic heterocycles. The summed E-state index contributed by atoms with van der Waals surface area (Å²) in [5.41, 5.74) is 1.18. The van der Waals surface area contributed by atoms with E-state index in [1.807, 2.05) is 6.92 Å². The standard InChI is InChI=1S/C13H11Cl2FN2/c1-2-3-13-17-11(7-12(15)18-13)8-4-9(14)6-10(16)5-8/h4-7H,2-3H2,1H3. The lowest BCUT2D eigenvalue weighted by atomic mass is 10.1. The van der Waals surface area contributed by atoms with Gasteiger partial charge in [0.1, 0.15) is 16.8 Å². The predicted octanol–water partition coefficient (Wildman–Crippen LogP) is 4.54. The Bertz CT molecular complexity index is 553. The average molecular weight is 285 g/mol. The number of hydrogen-bond acceptors (Lipinski definition) is 2. The Morgan fingerprint density at radius 2 is 1.89 bits per heavy atom. The summed E-state index contributed by atoms with van der Waals surface area (Å²) < 4.78 is 13.3. The van der Waals surface area contributed by atoms with Crippen molar-refractivity contribution < 1.29 is 4.39 Å². The topological polar surface area (TPSA) is 25.8 Å². The molecule has 18 heavy (non-hydrogen) atoms. The van der Waals surface area contributed by atoms with Crippen LogP contribution in [0.3, 0.4) is 0 Å². The number of aromatic nitrogens is 2. The molecule has 0 aliphatic rings. The molecule has 0 spiro atoms. The molecule has 0 radical (unpaired) electrons. The summed E-state index contributed by atoms with van der Waals surface area (Å²) in [5.74, 6) is 0.254. The molecule has 2 aromatic rings. The fourth-order valence-corrected chi connectivity index (χ4v) is 2.07. The van der Waals surface area contributed by atoms with Gasteiger partial charge in [0.05, 0.1) is 5.69 Å². The molecular formula is C13H11Cl2FN2. The molecule has 0 saturated carbocycles. The molecule has 0 saturated heterocycles. The molecule has 94 valence electrons. The highest BCUT2D eigenvalue weighted by Crippen LogP contribution is 2.24. The van der Waals surface area contributed by atoms with Gasteiger partial charge < -0.3 is 0 Å². The highest BCUT2D eigenvalue weighted by molar-refractivity contribution is 6.31. The first-order valence-electron chi connectivity index (χ1n) is 5.58. The van der Waals surface area contributed by atoms with Crippen LogP contribution in [-0.4, -0.2) is 9.97 Å². The zero-order valence-electron chi connectivity index (χ0n) is 9.75. The van der Waals surface area contributed by atoms with Crippen LogP contribution < -0.4 is 0 Å². The van der Waals surface area contributed by atoms with Crippen LogP contribution in [0.15, 0.2) is 24.3 Å². The second kappa shape index (κ2) is 5.63. The van der Waals surface area contributed by atoms with Crippen molar-refractivity contribution in [2.24, 2.45) is 0 Å². The first-order valence-corrected chi connectivity index (χ1v) is 6.34. The fourth-order valence-electron chi connectivity index (χ4n) is 1.65. The van der Waals surface area contributed by atoms with Crippen LogP contribution in [0.5, 0.6) is 0 Å². The Hall–Kier alpha value is -1.19. The lowest BCUT2D eigenvalue weighted by molar-refractivity contribution is 0.628. The Morgan fingerprint density at radius 3 is 2.56 bits per heavy atom. The molecule has 0 unspecified atom stereocenters. The van der Waals surface area contributed by atoms with E-state index in [0.717, 1.165) is 12.8 Å². The summed E-state index contributed by atoms with van der Waals surface area (Å²) >= 11 is 11.8. The molecule has 1 heterocycles. The van der Waals surface area contributed by atoms with Crippen molar-refractivity contribution in [3.05, 3.63) is 46.1 Å². The van der Waals surface area contributed by atoms with Crippen molar-refractivity contribution in [1.82, 2.24) is 9.97 Å². The van der Waals surface area contributed by atoms with Crippen LogP contribution in [0.25, 0.3) is 11.3 Å². The largest absolute Gasteiger partial charge is 0.233 e. The lowest BCUT2D eigenvalue weighted by Crippen LogP contribution is -1.97. The summed E-state index contributed by atoms with van der Waals surface area (Å²) in [6.45, 7) is 2.03. The molecule has 2 rings (SSSR count). The van der Waals surface area contributed by atoms with Crippen molar-refractivity contribution >= 4 is 23.2 Å². The Labute approximate surface area is 115 Å². The smallest absolute Gasteiger partial charge is 0.133 e. The van der Waals surface area contributed by atoms with Crippen LogP contribution in [0.2, 0.25) is 10.2 Å². The van der Waals surface area contributed by atoms with Crippen molar-refractivity contribution in [2.45, 2.75) is 19.8 Å². The molecule has 1 aromatic heterocycles. The van der Waals surface area contributed by atoms with E-state index in [0.29, 0.717) is 27.3 Å². The number of aryl methyl sites for hydroxylation is 1. The average Bonchev–Trinajstić information content (AvgIpc) is 2.27. The first-order chi connectivity index (χ1) is 8.58. The maximum Gasteiger partial charge on any atom is 0.133 e. The van der Waals surface area contributed by atoms with Crippen molar-refractivity contribution in [3.8, 4) is 11.3 Å². The van der Waals surface area contributed by atoms with Gasteiger partial charge in [0, 0.05) is 23.1 Å². The van der Waals surface area contributed by atoms with Crippen molar-refractivity contribution in [1.29, 1.82) is 0 Å². The summed E-state index contributed by atoms with van der Waals surface area (Å²) in [5, 5.41) is 0.681. The minimum atomic E-state index is -0.399.